The van der Waals surface area contributed by atoms with E-state index in [-0.39, 0.29) is 38.7 Å². The first-order valence-electron chi connectivity index (χ1n) is 11.4. The number of hydrogen-bond donors (Lipinski definition) is 2. The van der Waals surface area contributed by atoms with Crippen molar-refractivity contribution in [3.05, 3.63) is 87.4 Å². The summed E-state index contributed by atoms with van der Waals surface area (Å²) in [5.41, 5.74) is 1.44. The van der Waals surface area contributed by atoms with Gasteiger partial charge in [0.15, 0.2) is 0 Å². The lowest BCUT2D eigenvalue weighted by molar-refractivity contribution is 0.0960. The Morgan fingerprint density at radius 1 is 1.21 bits per heavy atom. The van der Waals surface area contributed by atoms with Gasteiger partial charge in [0.05, 0.1) is 28.4 Å². The third-order valence-electron chi connectivity index (χ3n) is 6.54. The van der Waals surface area contributed by atoms with Crippen LogP contribution in [0.2, 0.25) is 5.02 Å². The Balaban J connectivity index is 1.57. The van der Waals surface area contributed by atoms with Gasteiger partial charge in [-0.1, -0.05) is 29.8 Å². The zero-order valence-corrected chi connectivity index (χ0v) is 21.1. The van der Waals surface area contributed by atoms with Crippen LogP contribution >= 0.6 is 23.1 Å². The number of nitrogens with one attached hydrogen (secondary N) is 2. The molecule has 3 heterocycles. The molecule has 192 valence electrons. The smallest absolute Gasteiger partial charge is 0.276 e. The third kappa shape index (κ3) is 3.89. The van der Waals surface area contributed by atoms with Gasteiger partial charge in [-0.2, -0.15) is 9.47 Å². The molecule has 0 aliphatic carbocycles. The predicted octanol–water partition coefficient (Wildman–Crippen LogP) is 5.87. The van der Waals surface area contributed by atoms with E-state index in [2.05, 4.69) is 20.1 Å². The molecule has 1 aliphatic rings. The van der Waals surface area contributed by atoms with Gasteiger partial charge in [-0.05, 0) is 41.9 Å². The van der Waals surface area contributed by atoms with Gasteiger partial charge in [-0.3, -0.25) is 14.3 Å². The van der Waals surface area contributed by atoms with E-state index in [1.54, 1.807) is 12.1 Å². The molecule has 38 heavy (non-hydrogen) atoms. The van der Waals surface area contributed by atoms with Crippen molar-refractivity contribution in [1.82, 2.24) is 19.5 Å². The molecule has 0 spiro atoms. The number of hydrogen-bond acceptors (Lipinski definition) is 5. The number of alkyl halides is 2. The average Bonchev–Trinajstić information content (AvgIpc) is 3.55. The first-order valence-corrected chi connectivity index (χ1v) is 12.6. The number of carbonyl (C=O) groups is 2. The summed E-state index contributed by atoms with van der Waals surface area (Å²) in [7, 11) is 1.51. The first kappa shape index (κ1) is 24.4. The van der Waals surface area contributed by atoms with E-state index in [9.17, 15) is 22.8 Å². The topological polar surface area (TPSA) is 88.9 Å². The van der Waals surface area contributed by atoms with E-state index in [0.29, 0.717) is 16.3 Å². The van der Waals surface area contributed by atoms with Crippen molar-refractivity contribution in [2.45, 2.75) is 18.9 Å². The number of nitrogens with zero attached hydrogens (tertiary/aromatic N) is 3. The Hall–Kier alpha value is -3.96. The zero-order chi connectivity index (χ0) is 26.7. The Bertz CT molecular complexity index is 1780. The number of benzene rings is 3. The first-order chi connectivity index (χ1) is 18.2. The number of carbonyl (C=O) groups excluding carboxylic acids is 2. The van der Waals surface area contributed by atoms with Gasteiger partial charge >= 0.3 is 0 Å². The van der Waals surface area contributed by atoms with Crippen molar-refractivity contribution in [1.29, 1.82) is 0 Å². The van der Waals surface area contributed by atoms with Crippen molar-refractivity contribution < 1.29 is 22.8 Å². The monoisotopic (exact) mass is 555 g/mol. The van der Waals surface area contributed by atoms with Crippen molar-refractivity contribution in [3.8, 4) is 0 Å². The molecular weight excluding hydrogens is 539 g/mol. The van der Waals surface area contributed by atoms with E-state index in [1.165, 1.54) is 36.0 Å². The number of amides is 2. The minimum absolute atomic E-state index is 0.0994. The number of fused-ring (bicyclic) bond motifs is 4. The summed E-state index contributed by atoms with van der Waals surface area (Å²) < 4.78 is 47.5. The quantitative estimate of drug-likeness (QED) is 0.284. The third-order valence-corrected chi connectivity index (χ3v) is 7.71. The van der Waals surface area contributed by atoms with Gasteiger partial charge in [0.25, 0.3) is 11.8 Å². The second kappa shape index (κ2) is 9.10. The lowest BCUT2D eigenvalue weighted by Crippen LogP contribution is -2.21. The molecule has 0 bridgehead atoms. The van der Waals surface area contributed by atoms with Crippen LogP contribution in [-0.4, -0.2) is 32.4 Å². The van der Waals surface area contributed by atoms with Gasteiger partial charge in [0.1, 0.15) is 17.0 Å². The second-order valence-corrected chi connectivity index (χ2v) is 10.0. The molecule has 0 saturated carbocycles. The molecule has 7 nitrogen and oxygen atoms in total. The number of aromatic nitrogens is 3. The molecule has 3 aromatic carbocycles. The fraction of sp³-hybridized carbons (Fsp3) is 0.154. The van der Waals surface area contributed by atoms with Crippen molar-refractivity contribution in [3.63, 3.8) is 0 Å². The predicted molar refractivity (Wildman–Crippen MR) is 139 cm³/mol. The molecule has 5 aromatic rings. The van der Waals surface area contributed by atoms with Crippen molar-refractivity contribution in [2.24, 2.45) is 7.05 Å². The van der Waals surface area contributed by atoms with Gasteiger partial charge in [0.2, 0.25) is 6.43 Å². The van der Waals surface area contributed by atoms with Crippen LogP contribution in [0.15, 0.2) is 48.5 Å². The molecule has 0 radical (unpaired) electrons. The van der Waals surface area contributed by atoms with Crippen LogP contribution in [0.1, 0.15) is 43.7 Å². The Morgan fingerprint density at radius 2 is 2.00 bits per heavy atom. The van der Waals surface area contributed by atoms with Crippen LogP contribution in [0.3, 0.4) is 0 Å². The molecule has 2 amide bonds. The van der Waals surface area contributed by atoms with Crippen molar-refractivity contribution >= 4 is 61.6 Å². The van der Waals surface area contributed by atoms with E-state index >= 15 is 0 Å². The molecule has 0 unspecified atom stereocenters. The molecule has 0 fully saturated rings. The van der Waals surface area contributed by atoms with Gasteiger partial charge in [-0.25, -0.2) is 13.2 Å². The van der Waals surface area contributed by atoms with E-state index in [4.69, 9.17) is 11.6 Å². The van der Waals surface area contributed by atoms with E-state index < -0.39 is 36.5 Å². The summed E-state index contributed by atoms with van der Waals surface area (Å²) in [6, 6.07) is 11.6. The van der Waals surface area contributed by atoms with Crippen LogP contribution < -0.4 is 10.6 Å². The summed E-state index contributed by atoms with van der Waals surface area (Å²) in [4.78, 5) is 26.7. The van der Waals surface area contributed by atoms with Crippen LogP contribution in [0, 0.1) is 5.82 Å². The summed E-state index contributed by atoms with van der Waals surface area (Å²) in [5, 5.41) is 11.1. The highest BCUT2D eigenvalue weighted by atomic mass is 35.5. The summed E-state index contributed by atoms with van der Waals surface area (Å²) in [6.07, 6.45) is -3.26. The summed E-state index contributed by atoms with van der Waals surface area (Å²) >= 11 is 7.54. The fourth-order valence-corrected chi connectivity index (χ4v) is 5.89. The minimum Gasteiger partial charge on any atom is -0.341 e. The maximum atomic E-state index is 14.2. The highest BCUT2D eigenvalue weighted by Gasteiger charge is 2.38. The molecule has 1 aliphatic heterocycles. The maximum Gasteiger partial charge on any atom is 0.276 e. The molecule has 1 atom stereocenters. The zero-order valence-electron chi connectivity index (χ0n) is 19.6. The molecular formula is C26H17ClF3N5O2S. The molecule has 2 aromatic heterocycles. The summed E-state index contributed by atoms with van der Waals surface area (Å²) in [6.45, 7) is 0. The number of rotatable bonds is 5. The van der Waals surface area contributed by atoms with E-state index in [0.717, 1.165) is 16.2 Å². The highest BCUT2D eigenvalue weighted by molar-refractivity contribution is 7.13. The average molecular weight is 556 g/mol. The molecule has 6 rings (SSSR count). The van der Waals surface area contributed by atoms with Gasteiger partial charge in [-0.15, -0.1) is 0 Å². The Kier molecular flexibility index (Phi) is 5.84. The lowest BCUT2D eigenvalue weighted by Gasteiger charge is -2.18. The Morgan fingerprint density at radius 3 is 2.79 bits per heavy atom. The maximum absolute atomic E-state index is 14.2. The molecule has 12 heteroatoms. The SMILES string of the molecule is Cn1nc2c3c(c(NC(=O)c4nsc5ccccc45)cc2c1CC(F)F)[C@@H](c1cc(F)ccc1Cl)NC3=O. The lowest BCUT2D eigenvalue weighted by atomic mass is 9.93. The second-order valence-electron chi connectivity index (χ2n) is 8.83. The summed E-state index contributed by atoms with van der Waals surface area (Å²) in [5.74, 6) is -1.66. The molecule has 2 N–H and O–H groups in total. The van der Waals surface area contributed by atoms with E-state index in [1.807, 2.05) is 12.1 Å². The van der Waals surface area contributed by atoms with Crippen LogP contribution in [-0.2, 0) is 13.5 Å². The highest BCUT2D eigenvalue weighted by Crippen LogP contribution is 2.43. The normalized spacial score (nSPS) is 14.9. The number of aryl methyl sites for hydroxylation is 1. The van der Waals surface area contributed by atoms with Crippen LogP contribution in [0.5, 0.6) is 0 Å². The fourth-order valence-electron chi connectivity index (χ4n) is 4.89. The number of halogens is 4. The van der Waals surface area contributed by atoms with Gasteiger partial charge in [0, 0.05) is 39.7 Å². The van der Waals surface area contributed by atoms with Crippen molar-refractivity contribution in [2.75, 3.05) is 5.32 Å². The standard InChI is InChI=1S/C26H17ClF3N5O2S/c1-35-17(10-19(29)30)14-9-16(31-26(37)24-12-4-2-3-5-18(12)38-34-24)20-21(23(14)33-35)25(36)32-22(20)13-8-11(28)6-7-15(13)27/h2-9,19,22H,10H2,1H3,(H,31,37)(H,32,36)/t22-/m1/s1. The molecule has 0 saturated heterocycles. The minimum atomic E-state index is -2.66. The van der Waals surface area contributed by atoms with Crippen LogP contribution in [0.4, 0.5) is 18.9 Å². The van der Waals surface area contributed by atoms with Gasteiger partial charge < -0.3 is 10.6 Å². The number of anilines is 1. The largest absolute Gasteiger partial charge is 0.341 e. The Labute approximate surface area is 222 Å². The van der Waals surface area contributed by atoms with Crippen LogP contribution in [0.25, 0.3) is 21.0 Å².